The number of hydrogen-bond acceptors (Lipinski definition) is 4. The summed E-state index contributed by atoms with van der Waals surface area (Å²) in [6.07, 6.45) is 0. The summed E-state index contributed by atoms with van der Waals surface area (Å²) in [4.78, 5) is 19.4. The number of imidazole rings is 1. The second kappa shape index (κ2) is 4.58. The molecule has 0 unspecified atom stereocenters. The molecule has 100 valence electrons. The van der Waals surface area contributed by atoms with Crippen LogP contribution in [0.5, 0.6) is 0 Å². The zero-order chi connectivity index (χ0) is 14.1. The molecule has 2 aromatic carbocycles. The average Bonchev–Trinajstić information content (AvgIpc) is 2.83. The second-order valence-corrected chi connectivity index (χ2v) is 4.40. The number of para-hydroxylation sites is 2. The highest BCUT2D eigenvalue weighted by Gasteiger charge is 2.10. The number of nitrogens with two attached hydrogens (primary N) is 2. The number of benzene rings is 2. The standard InChI is InChI=1S/C14H13N5O/c15-9-6-5-8(7-10(9)16)13(20)19-14-17-11-3-1-2-4-12(11)18-14/h1-7H,15-16H2,(H2,17,18,19,20). The Morgan fingerprint density at radius 3 is 2.65 bits per heavy atom. The number of rotatable bonds is 2. The van der Waals surface area contributed by atoms with Crippen molar-refractivity contribution in [1.29, 1.82) is 0 Å². The minimum absolute atomic E-state index is 0.296. The third kappa shape index (κ3) is 2.14. The van der Waals surface area contributed by atoms with Gasteiger partial charge in [0.2, 0.25) is 5.95 Å². The van der Waals surface area contributed by atoms with Gasteiger partial charge in [0.25, 0.3) is 5.91 Å². The second-order valence-electron chi connectivity index (χ2n) is 4.40. The molecule has 6 N–H and O–H groups in total. The molecule has 0 aliphatic carbocycles. The average molecular weight is 267 g/mol. The lowest BCUT2D eigenvalue weighted by Crippen LogP contribution is -2.13. The number of anilines is 3. The quantitative estimate of drug-likeness (QED) is 0.532. The molecule has 0 bridgehead atoms. The fourth-order valence-corrected chi connectivity index (χ4v) is 1.91. The smallest absolute Gasteiger partial charge is 0.258 e. The lowest BCUT2D eigenvalue weighted by Gasteiger charge is -2.04. The number of aromatic amines is 1. The molecule has 1 aromatic heterocycles. The number of carbonyl (C=O) groups is 1. The van der Waals surface area contributed by atoms with Gasteiger partial charge in [-0.1, -0.05) is 12.1 Å². The van der Waals surface area contributed by atoms with Crippen LogP contribution in [-0.2, 0) is 0 Å². The molecule has 20 heavy (non-hydrogen) atoms. The van der Waals surface area contributed by atoms with E-state index >= 15 is 0 Å². The van der Waals surface area contributed by atoms with Gasteiger partial charge in [0.05, 0.1) is 22.4 Å². The Morgan fingerprint density at radius 2 is 1.90 bits per heavy atom. The van der Waals surface area contributed by atoms with E-state index in [1.54, 1.807) is 12.1 Å². The number of amides is 1. The van der Waals surface area contributed by atoms with Crippen molar-refractivity contribution in [2.75, 3.05) is 16.8 Å². The van der Waals surface area contributed by atoms with Crippen LogP contribution in [0.3, 0.4) is 0 Å². The maximum absolute atomic E-state index is 12.1. The highest BCUT2D eigenvalue weighted by Crippen LogP contribution is 2.18. The van der Waals surface area contributed by atoms with Crippen LogP contribution in [0.1, 0.15) is 10.4 Å². The van der Waals surface area contributed by atoms with Crippen LogP contribution in [0.2, 0.25) is 0 Å². The number of nitrogen functional groups attached to an aromatic ring is 2. The van der Waals surface area contributed by atoms with Gasteiger partial charge >= 0.3 is 0 Å². The Kier molecular flexibility index (Phi) is 2.76. The molecule has 0 spiro atoms. The number of aromatic nitrogens is 2. The molecule has 0 atom stereocenters. The largest absolute Gasteiger partial charge is 0.397 e. The van der Waals surface area contributed by atoms with Gasteiger partial charge in [-0.25, -0.2) is 4.98 Å². The van der Waals surface area contributed by atoms with Gasteiger partial charge < -0.3 is 16.5 Å². The van der Waals surface area contributed by atoms with Crippen LogP contribution in [0.25, 0.3) is 11.0 Å². The number of nitrogens with one attached hydrogen (secondary N) is 2. The third-order valence-electron chi connectivity index (χ3n) is 2.97. The van der Waals surface area contributed by atoms with Crippen LogP contribution < -0.4 is 16.8 Å². The molecule has 3 aromatic rings. The first-order valence-electron chi connectivity index (χ1n) is 6.04. The third-order valence-corrected chi connectivity index (χ3v) is 2.97. The predicted octanol–water partition coefficient (Wildman–Crippen LogP) is 1.98. The minimum atomic E-state index is -0.296. The number of hydrogen-bond donors (Lipinski definition) is 4. The molecular weight excluding hydrogens is 254 g/mol. The number of carbonyl (C=O) groups excluding carboxylic acids is 1. The van der Waals surface area contributed by atoms with E-state index in [1.807, 2.05) is 24.3 Å². The highest BCUT2D eigenvalue weighted by molar-refractivity contribution is 6.04. The summed E-state index contributed by atoms with van der Waals surface area (Å²) in [6.45, 7) is 0. The monoisotopic (exact) mass is 267 g/mol. The summed E-state index contributed by atoms with van der Waals surface area (Å²) in [5.41, 5.74) is 14.2. The predicted molar refractivity (Wildman–Crippen MR) is 79.3 cm³/mol. The highest BCUT2D eigenvalue weighted by atomic mass is 16.1. The van der Waals surface area contributed by atoms with Crippen LogP contribution in [0, 0.1) is 0 Å². The summed E-state index contributed by atoms with van der Waals surface area (Å²) in [7, 11) is 0. The summed E-state index contributed by atoms with van der Waals surface area (Å²) >= 11 is 0. The van der Waals surface area contributed by atoms with Gasteiger partial charge in [0.1, 0.15) is 0 Å². The van der Waals surface area contributed by atoms with Gasteiger partial charge in [0.15, 0.2) is 0 Å². The number of nitrogens with zero attached hydrogens (tertiary/aromatic N) is 1. The Morgan fingerprint density at radius 1 is 1.10 bits per heavy atom. The molecule has 0 aliphatic rings. The van der Waals surface area contributed by atoms with E-state index < -0.39 is 0 Å². The molecular formula is C14H13N5O. The lowest BCUT2D eigenvalue weighted by atomic mass is 10.1. The van der Waals surface area contributed by atoms with Crippen molar-refractivity contribution in [3.63, 3.8) is 0 Å². The van der Waals surface area contributed by atoms with E-state index in [2.05, 4.69) is 15.3 Å². The van der Waals surface area contributed by atoms with E-state index in [4.69, 9.17) is 11.5 Å². The van der Waals surface area contributed by atoms with Crippen molar-refractivity contribution in [3.05, 3.63) is 48.0 Å². The number of fused-ring (bicyclic) bond motifs is 1. The topological polar surface area (TPSA) is 110 Å². The molecule has 0 radical (unpaired) electrons. The van der Waals surface area contributed by atoms with Crippen LogP contribution in [0.4, 0.5) is 17.3 Å². The van der Waals surface area contributed by atoms with Gasteiger partial charge in [-0.05, 0) is 30.3 Å². The van der Waals surface area contributed by atoms with Crippen LogP contribution in [0.15, 0.2) is 42.5 Å². The molecule has 1 amide bonds. The Hall–Kier alpha value is -3.02. The fraction of sp³-hybridized carbons (Fsp3) is 0. The fourth-order valence-electron chi connectivity index (χ4n) is 1.91. The van der Waals surface area contributed by atoms with E-state index in [-0.39, 0.29) is 5.91 Å². The van der Waals surface area contributed by atoms with Crippen LogP contribution in [-0.4, -0.2) is 15.9 Å². The lowest BCUT2D eigenvalue weighted by molar-refractivity contribution is 0.102. The van der Waals surface area contributed by atoms with Crippen LogP contribution >= 0.6 is 0 Å². The molecule has 0 saturated carbocycles. The first-order valence-corrected chi connectivity index (χ1v) is 6.04. The zero-order valence-corrected chi connectivity index (χ0v) is 10.6. The first-order chi connectivity index (χ1) is 9.63. The Bertz CT molecular complexity index is 760. The van der Waals surface area contributed by atoms with Gasteiger partial charge in [-0.3, -0.25) is 10.1 Å². The van der Waals surface area contributed by atoms with Crippen molar-refractivity contribution in [3.8, 4) is 0 Å². The van der Waals surface area contributed by atoms with Crippen molar-refractivity contribution in [2.45, 2.75) is 0 Å². The summed E-state index contributed by atoms with van der Waals surface area (Å²) in [5.74, 6) is 0.0994. The van der Waals surface area contributed by atoms with E-state index in [1.165, 1.54) is 6.07 Å². The normalized spacial score (nSPS) is 10.6. The molecule has 0 saturated heterocycles. The molecule has 0 fully saturated rings. The van der Waals surface area contributed by atoms with E-state index in [0.717, 1.165) is 11.0 Å². The van der Waals surface area contributed by atoms with E-state index in [0.29, 0.717) is 22.9 Å². The van der Waals surface area contributed by atoms with Gasteiger partial charge in [-0.2, -0.15) is 0 Å². The Balaban J connectivity index is 1.86. The SMILES string of the molecule is Nc1ccc(C(=O)Nc2nc3ccccc3[nH]2)cc1N. The summed E-state index contributed by atoms with van der Waals surface area (Å²) < 4.78 is 0. The first kappa shape index (κ1) is 12.0. The minimum Gasteiger partial charge on any atom is -0.397 e. The maximum Gasteiger partial charge on any atom is 0.258 e. The van der Waals surface area contributed by atoms with E-state index in [9.17, 15) is 4.79 Å². The maximum atomic E-state index is 12.1. The number of H-pyrrole nitrogens is 1. The van der Waals surface area contributed by atoms with Gasteiger partial charge in [0, 0.05) is 5.56 Å². The Labute approximate surface area is 114 Å². The summed E-state index contributed by atoms with van der Waals surface area (Å²) in [5, 5.41) is 2.69. The molecule has 1 heterocycles. The molecule has 3 rings (SSSR count). The van der Waals surface area contributed by atoms with Crippen molar-refractivity contribution in [1.82, 2.24) is 9.97 Å². The van der Waals surface area contributed by atoms with Crippen molar-refractivity contribution >= 4 is 34.3 Å². The van der Waals surface area contributed by atoms with Crippen molar-refractivity contribution in [2.24, 2.45) is 0 Å². The zero-order valence-electron chi connectivity index (χ0n) is 10.6. The molecule has 6 nitrogen and oxygen atoms in total. The molecule has 0 aliphatic heterocycles. The summed E-state index contributed by atoms with van der Waals surface area (Å²) in [6, 6.07) is 12.3. The molecule has 6 heteroatoms. The van der Waals surface area contributed by atoms with Crippen molar-refractivity contribution < 1.29 is 4.79 Å². The van der Waals surface area contributed by atoms with Gasteiger partial charge in [-0.15, -0.1) is 0 Å².